The van der Waals surface area contributed by atoms with Gasteiger partial charge in [-0.15, -0.1) is 0 Å². The van der Waals surface area contributed by atoms with Crippen LogP contribution in [0.25, 0.3) is 0 Å². The highest BCUT2D eigenvalue weighted by atomic mass is 16.5. The second-order valence-electron chi connectivity index (χ2n) is 4.32. The zero-order valence-electron chi connectivity index (χ0n) is 12.6. The molecule has 0 amide bonds. The summed E-state index contributed by atoms with van der Waals surface area (Å²) >= 11 is 0. The van der Waals surface area contributed by atoms with Gasteiger partial charge in [-0.2, -0.15) is 0 Å². The molecule has 0 spiro atoms. The molecule has 0 bridgehead atoms. The Morgan fingerprint density at radius 1 is 1.19 bits per heavy atom. The molecule has 21 heavy (non-hydrogen) atoms. The molecule has 5 heteroatoms. The second kappa shape index (κ2) is 8.79. The highest BCUT2D eigenvalue weighted by Gasteiger charge is 2.18. The number of hydrogen-bond donors (Lipinski definition) is 1. The molecule has 1 aromatic rings. The first kappa shape index (κ1) is 16.8. The first-order valence-electron chi connectivity index (χ1n) is 6.93. The minimum absolute atomic E-state index is 0.0366. The van der Waals surface area contributed by atoms with Crippen LogP contribution in [-0.4, -0.2) is 25.5 Å². The van der Waals surface area contributed by atoms with Gasteiger partial charge in [-0.25, -0.2) is 4.79 Å². The summed E-state index contributed by atoms with van der Waals surface area (Å²) in [7, 11) is 1.59. The van der Waals surface area contributed by atoms with E-state index in [1.807, 2.05) is 6.92 Å². The summed E-state index contributed by atoms with van der Waals surface area (Å²) in [5.74, 6) is -0.0915. The van der Waals surface area contributed by atoms with Gasteiger partial charge in [0.25, 0.3) is 0 Å². The van der Waals surface area contributed by atoms with Crippen LogP contribution in [0.15, 0.2) is 36.0 Å². The fourth-order valence-corrected chi connectivity index (χ4v) is 1.67. The third-order valence-corrected chi connectivity index (χ3v) is 2.75. The minimum Gasteiger partial charge on any atom is -0.497 e. The van der Waals surface area contributed by atoms with Gasteiger partial charge >= 0.3 is 5.97 Å². The molecule has 0 aliphatic carbocycles. The van der Waals surface area contributed by atoms with Crippen molar-refractivity contribution in [1.82, 2.24) is 0 Å². The number of rotatable bonds is 8. The molecule has 114 valence electrons. The van der Waals surface area contributed by atoms with Crippen LogP contribution >= 0.6 is 0 Å². The van der Waals surface area contributed by atoms with Gasteiger partial charge in [0.1, 0.15) is 11.3 Å². The van der Waals surface area contributed by atoms with Crippen molar-refractivity contribution in [3.8, 4) is 5.75 Å². The third kappa shape index (κ3) is 5.30. The van der Waals surface area contributed by atoms with E-state index in [0.29, 0.717) is 12.8 Å². The maximum Gasteiger partial charge on any atom is 0.343 e. The molecule has 0 aliphatic heterocycles. The molecular formula is C16H21NO4. The lowest BCUT2D eigenvalue weighted by Gasteiger charge is -2.07. The lowest BCUT2D eigenvalue weighted by Crippen LogP contribution is -2.17. The van der Waals surface area contributed by atoms with Crippen LogP contribution in [0.5, 0.6) is 5.75 Å². The van der Waals surface area contributed by atoms with Crippen molar-refractivity contribution in [2.24, 2.45) is 0 Å². The van der Waals surface area contributed by atoms with E-state index >= 15 is 0 Å². The fourth-order valence-electron chi connectivity index (χ4n) is 1.67. The van der Waals surface area contributed by atoms with E-state index in [0.717, 1.165) is 11.4 Å². The molecule has 5 nitrogen and oxygen atoms in total. The van der Waals surface area contributed by atoms with Gasteiger partial charge in [0.2, 0.25) is 0 Å². The van der Waals surface area contributed by atoms with Gasteiger partial charge < -0.3 is 14.8 Å². The number of esters is 1. The molecule has 0 aliphatic rings. The second-order valence-corrected chi connectivity index (χ2v) is 4.32. The lowest BCUT2D eigenvalue weighted by molar-refractivity contribution is -0.140. The summed E-state index contributed by atoms with van der Waals surface area (Å²) in [5.41, 5.74) is 0.788. The molecule has 1 rings (SSSR count). The Balaban J connectivity index is 2.85. The Hall–Kier alpha value is -2.30. The van der Waals surface area contributed by atoms with Crippen molar-refractivity contribution in [3.05, 3.63) is 36.0 Å². The number of anilines is 1. The lowest BCUT2D eigenvalue weighted by atomic mass is 10.1. The van der Waals surface area contributed by atoms with Crippen LogP contribution in [-0.2, 0) is 14.3 Å². The van der Waals surface area contributed by atoms with Crippen molar-refractivity contribution < 1.29 is 19.1 Å². The average molecular weight is 291 g/mol. The predicted octanol–water partition coefficient (Wildman–Crippen LogP) is 2.92. The normalized spacial score (nSPS) is 10.9. The highest BCUT2D eigenvalue weighted by molar-refractivity contribution is 6.17. The minimum atomic E-state index is -0.600. The molecule has 0 saturated heterocycles. The molecule has 1 aromatic carbocycles. The Kier molecular flexibility index (Phi) is 7.01. The van der Waals surface area contributed by atoms with Crippen LogP contribution in [0, 0.1) is 0 Å². The number of ketones is 1. The van der Waals surface area contributed by atoms with Crippen molar-refractivity contribution in [2.75, 3.05) is 19.0 Å². The molecule has 0 unspecified atom stereocenters. The van der Waals surface area contributed by atoms with Crippen LogP contribution in [0.1, 0.15) is 26.7 Å². The zero-order chi connectivity index (χ0) is 15.7. The molecule has 0 saturated carbocycles. The van der Waals surface area contributed by atoms with Crippen molar-refractivity contribution in [3.63, 3.8) is 0 Å². The van der Waals surface area contributed by atoms with Crippen LogP contribution < -0.4 is 10.1 Å². The van der Waals surface area contributed by atoms with Gasteiger partial charge in [0.15, 0.2) is 5.78 Å². The smallest absolute Gasteiger partial charge is 0.343 e. The summed E-state index contributed by atoms with van der Waals surface area (Å²) in [5, 5.41) is 2.94. The number of carbonyl (C=O) groups excluding carboxylic acids is 2. The summed E-state index contributed by atoms with van der Waals surface area (Å²) in [6.07, 6.45) is 2.39. The molecule has 0 fully saturated rings. The highest BCUT2D eigenvalue weighted by Crippen LogP contribution is 2.16. The van der Waals surface area contributed by atoms with Crippen LogP contribution in [0.3, 0.4) is 0 Å². The third-order valence-electron chi connectivity index (χ3n) is 2.75. The quantitative estimate of drug-likeness (QED) is 0.345. The van der Waals surface area contributed by atoms with E-state index in [1.54, 1.807) is 38.3 Å². The molecule has 0 atom stereocenters. The Morgan fingerprint density at radius 2 is 1.86 bits per heavy atom. The Morgan fingerprint density at radius 3 is 2.38 bits per heavy atom. The monoisotopic (exact) mass is 291 g/mol. The molecule has 1 N–H and O–H groups in total. The van der Waals surface area contributed by atoms with E-state index in [9.17, 15) is 9.59 Å². The Labute approximate surface area is 124 Å². The van der Waals surface area contributed by atoms with Gasteiger partial charge in [0.05, 0.1) is 13.7 Å². The summed E-state index contributed by atoms with van der Waals surface area (Å²) < 4.78 is 9.97. The first-order valence-corrected chi connectivity index (χ1v) is 6.93. The van der Waals surface area contributed by atoms with Crippen molar-refractivity contribution in [1.29, 1.82) is 0 Å². The van der Waals surface area contributed by atoms with E-state index in [1.165, 1.54) is 6.20 Å². The maximum absolute atomic E-state index is 12.0. The average Bonchev–Trinajstić information content (AvgIpc) is 2.48. The zero-order valence-corrected chi connectivity index (χ0v) is 12.6. The fraction of sp³-hybridized carbons (Fsp3) is 0.375. The predicted molar refractivity (Wildman–Crippen MR) is 81.2 cm³/mol. The number of Topliss-reactive ketones (excluding diaryl/α,β-unsaturated/α-hetero) is 1. The number of benzene rings is 1. The van der Waals surface area contributed by atoms with Gasteiger partial charge in [0, 0.05) is 18.3 Å². The van der Waals surface area contributed by atoms with Crippen LogP contribution in [0.2, 0.25) is 0 Å². The molecule has 0 radical (unpaired) electrons. The van der Waals surface area contributed by atoms with Crippen molar-refractivity contribution in [2.45, 2.75) is 26.7 Å². The largest absolute Gasteiger partial charge is 0.497 e. The first-order chi connectivity index (χ1) is 10.1. The summed E-state index contributed by atoms with van der Waals surface area (Å²) in [6.45, 7) is 3.83. The van der Waals surface area contributed by atoms with Crippen molar-refractivity contribution >= 4 is 17.4 Å². The van der Waals surface area contributed by atoms with Gasteiger partial charge in [-0.05, 0) is 37.6 Å². The van der Waals surface area contributed by atoms with E-state index in [4.69, 9.17) is 9.47 Å². The summed E-state index contributed by atoms with van der Waals surface area (Å²) in [6, 6.07) is 7.16. The Bertz CT molecular complexity index is 486. The number of methoxy groups -OCH3 is 1. The molecular weight excluding hydrogens is 270 g/mol. The van der Waals surface area contributed by atoms with Gasteiger partial charge in [-0.3, -0.25) is 4.79 Å². The number of ether oxygens (including phenoxy) is 2. The maximum atomic E-state index is 12.0. The molecule has 0 heterocycles. The standard InChI is InChI=1S/C16H21NO4/c1-4-6-15(18)14(16(19)21-5-2)11-17-12-7-9-13(20-3)10-8-12/h7-11,17H,4-6H2,1-3H3. The number of hydrogen-bond acceptors (Lipinski definition) is 5. The van der Waals surface area contributed by atoms with E-state index in [-0.39, 0.29) is 18.0 Å². The SMILES string of the molecule is CCCC(=O)C(=CNc1ccc(OC)cc1)C(=O)OCC. The van der Waals surface area contributed by atoms with Gasteiger partial charge in [-0.1, -0.05) is 6.92 Å². The van der Waals surface area contributed by atoms with E-state index < -0.39 is 5.97 Å². The summed E-state index contributed by atoms with van der Waals surface area (Å²) in [4.78, 5) is 23.8. The van der Waals surface area contributed by atoms with Crippen LogP contribution in [0.4, 0.5) is 5.69 Å². The number of carbonyl (C=O) groups is 2. The topological polar surface area (TPSA) is 64.6 Å². The van der Waals surface area contributed by atoms with E-state index in [2.05, 4.69) is 5.32 Å². The molecule has 0 aromatic heterocycles. The number of nitrogens with one attached hydrogen (secondary N) is 1.